The van der Waals surface area contributed by atoms with E-state index in [4.69, 9.17) is 16.9 Å². The first kappa shape index (κ1) is 12.0. The number of rotatable bonds is 2. The van der Waals surface area contributed by atoms with E-state index < -0.39 is 0 Å². The average Bonchev–Trinajstić information content (AvgIpc) is 2.28. The Morgan fingerprint density at radius 1 is 1.29 bits per heavy atom. The number of aromatic nitrogens is 1. The van der Waals surface area contributed by atoms with Gasteiger partial charge in [0.1, 0.15) is 5.03 Å². The normalized spacial score (nSPS) is 9.94. The van der Waals surface area contributed by atoms with Gasteiger partial charge in [0.2, 0.25) is 0 Å². The summed E-state index contributed by atoms with van der Waals surface area (Å²) < 4.78 is 0. The fourth-order valence-corrected chi connectivity index (χ4v) is 2.61. The van der Waals surface area contributed by atoms with E-state index in [1.807, 2.05) is 31.2 Å². The third-order valence-electron chi connectivity index (χ3n) is 2.08. The molecule has 0 fully saturated rings. The minimum Gasteiger partial charge on any atom is -0.246 e. The lowest BCUT2D eigenvalue weighted by Crippen LogP contribution is -1.87. The van der Waals surface area contributed by atoms with Crippen molar-refractivity contribution < 1.29 is 0 Å². The minimum absolute atomic E-state index is 0.627. The number of halogens is 1. The first-order valence-corrected chi connectivity index (χ1v) is 6.19. The van der Waals surface area contributed by atoms with Crippen LogP contribution in [-0.4, -0.2) is 4.98 Å². The molecular formula is C13H9ClN2S. The summed E-state index contributed by atoms with van der Waals surface area (Å²) in [4.78, 5) is 5.39. The molecule has 0 N–H and O–H groups in total. The van der Waals surface area contributed by atoms with Gasteiger partial charge in [-0.2, -0.15) is 5.26 Å². The van der Waals surface area contributed by atoms with Crippen molar-refractivity contribution in [1.82, 2.24) is 4.98 Å². The Morgan fingerprint density at radius 3 is 2.82 bits per heavy atom. The highest BCUT2D eigenvalue weighted by Gasteiger charge is 2.03. The van der Waals surface area contributed by atoms with Crippen LogP contribution >= 0.6 is 23.4 Å². The molecule has 1 aromatic heterocycles. The third-order valence-corrected chi connectivity index (χ3v) is 3.22. The van der Waals surface area contributed by atoms with E-state index in [1.165, 1.54) is 11.8 Å². The van der Waals surface area contributed by atoms with Crippen LogP contribution in [0.15, 0.2) is 46.3 Å². The Hall–Kier alpha value is -1.50. The van der Waals surface area contributed by atoms with Gasteiger partial charge in [-0.25, -0.2) is 4.98 Å². The van der Waals surface area contributed by atoms with Crippen molar-refractivity contribution in [2.24, 2.45) is 0 Å². The van der Waals surface area contributed by atoms with Crippen molar-refractivity contribution in [3.63, 3.8) is 0 Å². The van der Waals surface area contributed by atoms with Crippen LogP contribution in [0.4, 0.5) is 0 Å². The van der Waals surface area contributed by atoms with Crippen LogP contribution in [0.1, 0.15) is 11.3 Å². The molecule has 84 valence electrons. The first-order valence-electron chi connectivity index (χ1n) is 4.99. The van der Waals surface area contributed by atoms with Crippen molar-refractivity contribution in [3.05, 3.63) is 52.7 Å². The number of aryl methyl sites for hydroxylation is 1. The fraction of sp³-hybridized carbons (Fsp3) is 0.0769. The summed E-state index contributed by atoms with van der Waals surface area (Å²) in [6, 6.07) is 13.2. The molecule has 1 heterocycles. The van der Waals surface area contributed by atoms with Crippen LogP contribution in [0.5, 0.6) is 0 Å². The molecular weight excluding hydrogens is 252 g/mol. The first-order chi connectivity index (χ1) is 8.17. The molecule has 4 heteroatoms. The molecule has 2 nitrogen and oxygen atoms in total. The van der Waals surface area contributed by atoms with Gasteiger partial charge in [0, 0.05) is 15.6 Å². The van der Waals surface area contributed by atoms with E-state index in [-0.39, 0.29) is 0 Å². The highest BCUT2D eigenvalue weighted by atomic mass is 35.5. The minimum atomic E-state index is 0.627. The average molecular weight is 261 g/mol. The summed E-state index contributed by atoms with van der Waals surface area (Å²) in [6.45, 7) is 1.88. The molecule has 0 spiro atoms. The van der Waals surface area contributed by atoms with Gasteiger partial charge in [0.25, 0.3) is 0 Å². The van der Waals surface area contributed by atoms with Crippen molar-refractivity contribution >= 4 is 23.4 Å². The maximum Gasteiger partial charge on any atom is 0.102 e. The molecule has 0 unspecified atom stereocenters. The molecule has 0 aliphatic carbocycles. The van der Waals surface area contributed by atoms with Crippen molar-refractivity contribution in [2.45, 2.75) is 16.8 Å². The van der Waals surface area contributed by atoms with Gasteiger partial charge in [0.05, 0.1) is 11.6 Å². The van der Waals surface area contributed by atoms with Gasteiger partial charge < -0.3 is 0 Å². The SMILES string of the molecule is Cc1cc(C#N)cc(Sc2cccc(Cl)c2)n1. The van der Waals surface area contributed by atoms with E-state index in [0.717, 1.165) is 15.6 Å². The maximum atomic E-state index is 8.89. The van der Waals surface area contributed by atoms with Crippen LogP contribution in [0.25, 0.3) is 0 Å². The molecule has 0 saturated heterocycles. The van der Waals surface area contributed by atoms with E-state index in [2.05, 4.69) is 11.1 Å². The lowest BCUT2D eigenvalue weighted by Gasteiger charge is -2.03. The van der Waals surface area contributed by atoms with E-state index >= 15 is 0 Å². The second kappa shape index (κ2) is 5.22. The van der Waals surface area contributed by atoms with Crippen LogP contribution in [0.2, 0.25) is 5.02 Å². The largest absolute Gasteiger partial charge is 0.246 e. The second-order valence-corrected chi connectivity index (χ2v) is 5.04. The van der Waals surface area contributed by atoms with Gasteiger partial charge in [0.15, 0.2) is 0 Å². The van der Waals surface area contributed by atoms with Gasteiger partial charge >= 0.3 is 0 Å². The quantitative estimate of drug-likeness (QED) is 0.817. The summed E-state index contributed by atoms with van der Waals surface area (Å²) >= 11 is 7.41. The van der Waals surface area contributed by atoms with Crippen LogP contribution in [0, 0.1) is 18.3 Å². The number of nitrogens with zero attached hydrogens (tertiary/aromatic N) is 2. The van der Waals surface area contributed by atoms with Crippen molar-refractivity contribution in [2.75, 3.05) is 0 Å². The predicted molar refractivity (Wildman–Crippen MR) is 69.3 cm³/mol. The molecule has 0 saturated carbocycles. The lowest BCUT2D eigenvalue weighted by molar-refractivity contribution is 1.06. The Morgan fingerprint density at radius 2 is 2.12 bits per heavy atom. The zero-order chi connectivity index (χ0) is 12.3. The molecule has 2 rings (SSSR count). The van der Waals surface area contributed by atoms with Gasteiger partial charge in [-0.3, -0.25) is 0 Å². The van der Waals surface area contributed by atoms with E-state index in [9.17, 15) is 0 Å². The Labute approximate surface area is 109 Å². The Bertz CT molecular complexity index is 590. The highest BCUT2D eigenvalue weighted by Crippen LogP contribution is 2.28. The molecule has 0 aliphatic heterocycles. The fourth-order valence-electron chi connectivity index (χ4n) is 1.41. The van der Waals surface area contributed by atoms with Crippen LogP contribution in [-0.2, 0) is 0 Å². The van der Waals surface area contributed by atoms with Crippen molar-refractivity contribution in [3.8, 4) is 6.07 Å². The van der Waals surface area contributed by atoms with Crippen LogP contribution < -0.4 is 0 Å². The standard InChI is InChI=1S/C13H9ClN2S/c1-9-5-10(8-15)6-13(16-9)17-12-4-2-3-11(14)7-12/h2-7H,1H3. The van der Waals surface area contributed by atoms with E-state index in [1.54, 1.807) is 12.1 Å². The van der Waals surface area contributed by atoms with Gasteiger partial charge in [-0.1, -0.05) is 29.4 Å². The zero-order valence-corrected chi connectivity index (χ0v) is 10.7. The molecule has 0 bridgehead atoms. The molecule has 17 heavy (non-hydrogen) atoms. The smallest absolute Gasteiger partial charge is 0.102 e. The number of nitriles is 1. The second-order valence-electron chi connectivity index (χ2n) is 3.51. The maximum absolute atomic E-state index is 8.89. The zero-order valence-electron chi connectivity index (χ0n) is 9.14. The highest BCUT2D eigenvalue weighted by molar-refractivity contribution is 7.99. The molecule has 0 radical (unpaired) electrons. The van der Waals surface area contributed by atoms with Crippen LogP contribution in [0.3, 0.4) is 0 Å². The van der Waals surface area contributed by atoms with E-state index in [0.29, 0.717) is 10.6 Å². The number of hydrogen-bond donors (Lipinski definition) is 0. The number of pyridine rings is 1. The molecule has 0 aliphatic rings. The third kappa shape index (κ3) is 3.23. The lowest BCUT2D eigenvalue weighted by atomic mass is 10.2. The predicted octanol–water partition coefficient (Wildman–Crippen LogP) is 4.07. The Balaban J connectivity index is 2.30. The van der Waals surface area contributed by atoms with Gasteiger partial charge in [-0.05, 0) is 37.3 Å². The topological polar surface area (TPSA) is 36.7 Å². The molecule has 2 aromatic rings. The van der Waals surface area contributed by atoms with Crippen molar-refractivity contribution in [1.29, 1.82) is 5.26 Å². The molecule has 0 atom stereocenters. The molecule has 0 amide bonds. The van der Waals surface area contributed by atoms with Gasteiger partial charge in [-0.15, -0.1) is 0 Å². The summed E-state index contributed by atoms with van der Waals surface area (Å²) in [7, 11) is 0. The monoisotopic (exact) mass is 260 g/mol. The summed E-state index contributed by atoms with van der Waals surface area (Å²) in [5.41, 5.74) is 1.47. The molecule has 1 aromatic carbocycles. The summed E-state index contributed by atoms with van der Waals surface area (Å²) in [5, 5.41) is 10.4. The summed E-state index contributed by atoms with van der Waals surface area (Å²) in [5.74, 6) is 0. The summed E-state index contributed by atoms with van der Waals surface area (Å²) in [6.07, 6.45) is 0. The Kier molecular flexibility index (Phi) is 3.68. The number of benzene rings is 1. The number of hydrogen-bond acceptors (Lipinski definition) is 3.